The van der Waals surface area contributed by atoms with Crippen molar-refractivity contribution in [2.45, 2.75) is 20.3 Å². The molecule has 0 spiro atoms. The Morgan fingerprint density at radius 3 is 2.65 bits per heavy atom. The number of ether oxygens (including phenoxy) is 2. The van der Waals surface area contributed by atoms with Gasteiger partial charge in [-0.3, -0.25) is 0 Å². The number of hydrazine groups is 1. The van der Waals surface area contributed by atoms with Gasteiger partial charge in [0.1, 0.15) is 0 Å². The van der Waals surface area contributed by atoms with Crippen LogP contribution in [0.5, 0.6) is 0 Å². The summed E-state index contributed by atoms with van der Waals surface area (Å²) in [6.45, 7) is 6.39. The molecule has 0 aliphatic carbocycles. The van der Waals surface area contributed by atoms with Crippen molar-refractivity contribution in [1.82, 2.24) is 10.5 Å². The summed E-state index contributed by atoms with van der Waals surface area (Å²) in [6.07, 6.45) is -0.533. The summed E-state index contributed by atoms with van der Waals surface area (Å²) in [5, 5.41) is 1.16. The maximum atomic E-state index is 12.3. The smallest absolute Gasteiger partial charge is 0.449 e. The second-order valence-corrected chi connectivity index (χ2v) is 5.36. The van der Waals surface area contributed by atoms with Gasteiger partial charge < -0.3 is 9.47 Å². The third-order valence-corrected chi connectivity index (χ3v) is 3.68. The minimum atomic E-state index is -0.688. The molecule has 0 saturated heterocycles. The van der Waals surface area contributed by atoms with E-state index in [4.69, 9.17) is 9.47 Å². The van der Waals surface area contributed by atoms with Crippen LogP contribution in [0, 0.1) is 6.54 Å². The van der Waals surface area contributed by atoms with Gasteiger partial charge in [0.25, 0.3) is 0 Å². The number of nitrogens with one attached hydrogen (secondary N) is 1. The van der Waals surface area contributed by atoms with Gasteiger partial charge in [-0.15, -0.1) is 23.3 Å². The molecule has 1 aromatic carbocycles. The molecule has 126 valence electrons. The molecule has 1 aliphatic heterocycles. The van der Waals surface area contributed by atoms with Crippen molar-refractivity contribution in [1.29, 1.82) is 0 Å². The fourth-order valence-corrected chi connectivity index (χ4v) is 2.54. The van der Waals surface area contributed by atoms with Crippen LogP contribution in [-0.4, -0.2) is 48.7 Å². The van der Waals surface area contributed by atoms with Crippen molar-refractivity contribution in [3.05, 3.63) is 41.9 Å². The highest BCUT2D eigenvalue weighted by molar-refractivity contribution is 5.73. The number of quaternary nitrogens is 1. The molecule has 23 heavy (non-hydrogen) atoms. The van der Waals surface area contributed by atoms with Crippen molar-refractivity contribution in [2.24, 2.45) is 0 Å². The Morgan fingerprint density at radius 1 is 1.26 bits per heavy atom. The Balaban J connectivity index is 2.23. The zero-order chi connectivity index (χ0) is 16.9. The molecule has 7 heteroatoms. The van der Waals surface area contributed by atoms with Gasteiger partial charge in [-0.05, 0) is 20.3 Å². The SMILES string of the molecule is CCOC(=O)NN(C(=O)OCC)[N+]1(C)[CH-]c2ccccc2CC1. The normalized spacial score (nSPS) is 19.1. The third-order valence-electron chi connectivity index (χ3n) is 3.68. The number of rotatable bonds is 3. The predicted octanol–water partition coefficient (Wildman–Crippen LogP) is 2.23. The van der Waals surface area contributed by atoms with E-state index in [2.05, 4.69) is 11.5 Å². The molecule has 2 rings (SSSR count). The lowest BCUT2D eigenvalue weighted by Crippen LogP contribution is -2.66. The first-order chi connectivity index (χ1) is 11.0. The molecule has 0 aromatic heterocycles. The van der Waals surface area contributed by atoms with Gasteiger partial charge in [0, 0.05) is 6.54 Å². The van der Waals surface area contributed by atoms with E-state index in [-0.39, 0.29) is 17.8 Å². The number of carbonyl (C=O) groups excluding carboxylic acids is 2. The molecule has 2 amide bonds. The molecule has 1 heterocycles. The molecule has 1 aliphatic rings. The molecule has 0 bridgehead atoms. The quantitative estimate of drug-likeness (QED) is 0.527. The Morgan fingerprint density at radius 2 is 1.96 bits per heavy atom. The second kappa shape index (κ2) is 7.23. The number of likely N-dealkylation sites (N-methyl/N-ethyl adjacent to an activating group) is 1. The first-order valence-corrected chi connectivity index (χ1v) is 7.70. The van der Waals surface area contributed by atoms with Crippen LogP contribution in [0.25, 0.3) is 0 Å². The van der Waals surface area contributed by atoms with Crippen LogP contribution >= 0.6 is 0 Å². The van der Waals surface area contributed by atoms with Gasteiger partial charge >= 0.3 is 12.2 Å². The van der Waals surface area contributed by atoms with Gasteiger partial charge in [-0.2, -0.15) is 11.5 Å². The molecule has 1 unspecified atom stereocenters. The van der Waals surface area contributed by atoms with Crippen molar-refractivity contribution in [3.8, 4) is 0 Å². The third kappa shape index (κ3) is 3.87. The van der Waals surface area contributed by atoms with Gasteiger partial charge in [0.15, 0.2) is 0 Å². The van der Waals surface area contributed by atoms with Crippen LogP contribution in [0.4, 0.5) is 9.59 Å². The lowest BCUT2D eigenvalue weighted by molar-refractivity contribution is -0.986. The van der Waals surface area contributed by atoms with E-state index in [1.807, 2.05) is 31.8 Å². The van der Waals surface area contributed by atoms with Crippen LogP contribution in [0.3, 0.4) is 0 Å². The highest BCUT2D eigenvalue weighted by Crippen LogP contribution is 2.27. The summed E-state index contributed by atoms with van der Waals surface area (Å²) in [4.78, 5) is 24.1. The van der Waals surface area contributed by atoms with E-state index >= 15 is 0 Å². The van der Waals surface area contributed by atoms with E-state index in [1.54, 1.807) is 13.8 Å². The standard InChI is InChI=1S/C16H23N3O4/c1-4-22-15(20)17-18(16(21)23-5-2)19(3)11-10-13-8-6-7-9-14(13)12-19/h6-9,12H,4-5,10-11H2,1-3H3,(H,17,20). The predicted molar refractivity (Wildman–Crippen MR) is 83.6 cm³/mol. The Bertz CT molecular complexity index is 578. The first-order valence-electron chi connectivity index (χ1n) is 7.70. The fourth-order valence-electron chi connectivity index (χ4n) is 2.54. The van der Waals surface area contributed by atoms with Crippen LogP contribution in [0.15, 0.2) is 24.3 Å². The second-order valence-electron chi connectivity index (χ2n) is 5.36. The van der Waals surface area contributed by atoms with Gasteiger partial charge in [0.2, 0.25) is 0 Å². The number of fused-ring (bicyclic) bond motifs is 1. The molecular formula is C16H23N3O4. The van der Waals surface area contributed by atoms with Gasteiger partial charge in [-0.25, -0.2) is 14.2 Å². The maximum absolute atomic E-state index is 12.3. The molecular weight excluding hydrogens is 298 g/mol. The molecule has 0 fully saturated rings. The molecule has 0 saturated carbocycles. The summed E-state index contributed by atoms with van der Waals surface area (Å²) >= 11 is 0. The van der Waals surface area contributed by atoms with Crippen LogP contribution < -0.4 is 5.43 Å². The molecule has 1 N–H and O–H groups in total. The van der Waals surface area contributed by atoms with E-state index in [1.165, 1.54) is 5.56 Å². The minimum Gasteiger partial charge on any atom is -0.449 e. The Labute approximate surface area is 136 Å². The van der Waals surface area contributed by atoms with E-state index < -0.39 is 12.2 Å². The average Bonchev–Trinajstić information content (AvgIpc) is 2.53. The summed E-state index contributed by atoms with van der Waals surface area (Å²) in [5.41, 5.74) is 4.72. The number of nitrogens with zero attached hydrogens (tertiary/aromatic N) is 2. The number of amides is 2. The fraction of sp³-hybridized carbons (Fsp3) is 0.438. The van der Waals surface area contributed by atoms with Crippen molar-refractivity contribution in [2.75, 3.05) is 26.8 Å². The van der Waals surface area contributed by atoms with Crippen molar-refractivity contribution >= 4 is 12.2 Å². The highest BCUT2D eigenvalue weighted by Gasteiger charge is 2.38. The zero-order valence-electron chi connectivity index (χ0n) is 13.7. The molecule has 1 aromatic rings. The summed E-state index contributed by atoms with van der Waals surface area (Å²) in [6, 6.07) is 7.97. The largest absolute Gasteiger partial charge is 0.475 e. The van der Waals surface area contributed by atoms with Gasteiger partial charge in [0.05, 0.1) is 26.8 Å². The van der Waals surface area contributed by atoms with Crippen LogP contribution in [0.1, 0.15) is 25.0 Å². The summed E-state index contributed by atoms with van der Waals surface area (Å²) < 4.78 is 10.0. The first kappa shape index (κ1) is 17.0. The monoisotopic (exact) mass is 321 g/mol. The number of hydrogen-bond acceptors (Lipinski definition) is 4. The summed E-state index contributed by atoms with van der Waals surface area (Å²) in [5.74, 6) is 0. The lowest BCUT2D eigenvalue weighted by Gasteiger charge is -2.46. The Kier molecular flexibility index (Phi) is 5.33. The van der Waals surface area contributed by atoms with Crippen molar-refractivity contribution in [3.63, 3.8) is 0 Å². The number of carbonyl (C=O) groups is 2. The lowest BCUT2D eigenvalue weighted by atomic mass is 10.00. The van der Waals surface area contributed by atoms with E-state index in [0.29, 0.717) is 6.54 Å². The average molecular weight is 321 g/mol. The number of benzene rings is 1. The number of hydrogen-bond donors (Lipinski definition) is 1. The van der Waals surface area contributed by atoms with Gasteiger partial charge in [-0.1, -0.05) is 11.2 Å². The Hall–Kier alpha value is -2.41. The van der Waals surface area contributed by atoms with Crippen LogP contribution in [0.2, 0.25) is 0 Å². The summed E-state index contributed by atoms with van der Waals surface area (Å²) in [7, 11) is 1.83. The maximum Gasteiger partial charge on any atom is 0.475 e. The van der Waals surface area contributed by atoms with Crippen LogP contribution in [-0.2, 0) is 15.9 Å². The van der Waals surface area contributed by atoms with Crippen molar-refractivity contribution < 1.29 is 23.7 Å². The zero-order valence-corrected chi connectivity index (χ0v) is 13.7. The highest BCUT2D eigenvalue weighted by atomic mass is 16.6. The molecule has 7 nitrogen and oxygen atoms in total. The topological polar surface area (TPSA) is 67.9 Å². The minimum absolute atomic E-state index is 0.0780. The molecule has 0 radical (unpaired) electrons. The van der Waals surface area contributed by atoms with E-state index in [0.717, 1.165) is 17.1 Å². The van der Waals surface area contributed by atoms with E-state index in [9.17, 15) is 9.59 Å². The molecule has 1 atom stereocenters.